The van der Waals surface area contributed by atoms with Crippen molar-refractivity contribution in [3.05, 3.63) is 0 Å². The van der Waals surface area contributed by atoms with Crippen molar-refractivity contribution in [2.45, 2.75) is 18.9 Å². The first-order valence-electron chi connectivity index (χ1n) is 3.20. The second kappa shape index (κ2) is 2.86. The summed E-state index contributed by atoms with van der Waals surface area (Å²) in [4.78, 5) is 0. The van der Waals surface area contributed by atoms with Gasteiger partial charge in [-0.25, -0.2) is 13.6 Å². The molecule has 4 nitrogen and oxygen atoms in total. The molecule has 5 heteroatoms. The highest BCUT2D eigenvalue weighted by atomic mass is 32.2. The lowest BCUT2D eigenvalue weighted by Gasteiger charge is -1.98. The topological polar surface area (TPSA) is 69.4 Å². The number of nitrogens with two attached hydrogens (primary N) is 1. The van der Waals surface area contributed by atoms with Gasteiger partial charge in [0.25, 0.3) is 0 Å². The zero-order valence-corrected chi connectivity index (χ0v) is 6.43. The van der Waals surface area contributed by atoms with Gasteiger partial charge in [-0.3, -0.25) is 0 Å². The number of sulfonamides is 1. The molecule has 0 aromatic carbocycles. The van der Waals surface area contributed by atoms with Gasteiger partial charge >= 0.3 is 0 Å². The van der Waals surface area contributed by atoms with E-state index in [-0.39, 0.29) is 12.4 Å². The maximum absolute atomic E-state index is 10.3. The predicted molar refractivity (Wildman–Crippen MR) is 36.9 cm³/mol. The molecule has 0 spiro atoms. The van der Waals surface area contributed by atoms with Crippen molar-refractivity contribution in [3.8, 4) is 0 Å². The van der Waals surface area contributed by atoms with Crippen LogP contribution in [0.15, 0.2) is 0 Å². The maximum atomic E-state index is 10.3. The fraction of sp³-hybridized carbons (Fsp3) is 1.00. The van der Waals surface area contributed by atoms with Crippen LogP contribution in [0, 0.1) is 0 Å². The maximum Gasteiger partial charge on any atom is 0.211 e. The summed E-state index contributed by atoms with van der Waals surface area (Å²) in [5.41, 5.74) is 0. The number of hydrogen-bond donors (Lipinski definition) is 1. The van der Waals surface area contributed by atoms with Gasteiger partial charge in [0, 0.05) is 0 Å². The van der Waals surface area contributed by atoms with Crippen LogP contribution in [0.25, 0.3) is 0 Å². The van der Waals surface area contributed by atoms with Gasteiger partial charge in [0.05, 0.1) is 18.5 Å². The Hall–Kier alpha value is -0.130. The molecule has 1 aliphatic rings. The largest absolute Gasteiger partial charge is 0.377 e. The predicted octanol–water partition coefficient (Wildman–Crippen LogP) is -0.546. The van der Waals surface area contributed by atoms with Gasteiger partial charge in [0.15, 0.2) is 0 Å². The molecule has 1 aliphatic carbocycles. The molecule has 0 radical (unpaired) electrons. The van der Waals surface area contributed by atoms with Crippen LogP contribution in [0.4, 0.5) is 0 Å². The third-order valence-corrected chi connectivity index (χ3v) is 1.98. The van der Waals surface area contributed by atoms with Crippen LogP contribution in [0.5, 0.6) is 0 Å². The number of ether oxygens (including phenoxy) is 1. The molecule has 1 saturated carbocycles. The average Bonchev–Trinajstić information content (AvgIpc) is 2.45. The van der Waals surface area contributed by atoms with Crippen LogP contribution in [-0.4, -0.2) is 26.9 Å². The minimum absolute atomic E-state index is 0.0660. The van der Waals surface area contributed by atoms with Crippen LogP contribution in [0.1, 0.15) is 12.8 Å². The standard InChI is InChI=1S/C5H11NO3S/c6-10(7,8)4-3-9-5-1-2-5/h5H,1-4H2,(H2,6,7,8). The highest BCUT2D eigenvalue weighted by molar-refractivity contribution is 7.89. The summed E-state index contributed by atoms with van der Waals surface area (Å²) in [7, 11) is -3.32. The SMILES string of the molecule is NS(=O)(=O)CCOC1CC1. The van der Waals surface area contributed by atoms with Crippen molar-refractivity contribution in [2.24, 2.45) is 5.14 Å². The van der Waals surface area contributed by atoms with E-state index in [0.29, 0.717) is 6.10 Å². The molecule has 0 aromatic heterocycles. The average molecular weight is 165 g/mol. The Labute approximate surface area is 60.4 Å². The van der Waals surface area contributed by atoms with Crippen molar-refractivity contribution in [1.29, 1.82) is 0 Å². The third kappa shape index (κ3) is 3.81. The molecule has 0 saturated heterocycles. The first kappa shape index (κ1) is 7.97. The molecule has 0 aromatic rings. The Bertz CT molecular complexity index is 195. The van der Waals surface area contributed by atoms with Crippen molar-refractivity contribution in [3.63, 3.8) is 0 Å². The highest BCUT2D eigenvalue weighted by Gasteiger charge is 2.22. The summed E-state index contributed by atoms with van der Waals surface area (Å²) in [6, 6.07) is 0. The number of primary sulfonamides is 1. The normalized spacial score (nSPS) is 19.3. The number of hydrogen-bond acceptors (Lipinski definition) is 3. The highest BCUT2D eigenvalue weighted by Crippen LogP contribution is 2.22. The molecular weight excluding hydrogens is 154 g/mol. The third-order valence-electron chi connectivity index (χ3n) is 1.25. The summed E-state index contributed by atoms with van der Waals surface area (Å²) in [5.74, 6) is -0.0660. The van der Waals surface area contributed by atoms with Gasteiger partial charge in [-0.15, -0.1) is 0 Å². The Kier molecular flexibility index (Phi) is 2.28. The van der Waals surface area contributed by atoms with Crippen molar-refractivity contribution >= 4 is 10.0 Å². The molecule has 0 heterocycles. The molecule has 0 bridgehead atoms. The van der Waals surface area contributed by atoms with Crippen LogP contribution >= 0.6 is 0 Å². The smallest absolute Gasteiger partial charge is 0.211 e. The van der Waals surface area contributed by atoms with Gasteiger partial charge in [0.2, 0.25) is 10.0 Å². The lowest BCUT2D eigenvalue weighted by molar-refractivity contribution is 0.134. The number of rotatable bonds is 4. The van der Waals surface area contributed by atoms with E-state index in [2.05, 4.69) is 0 Å². The molecule has 0 atom stereocenters. The molecule has 10 heavy (non-hydrogen) atoms. The van der Waals surface area contributed by atoms with Crippen LogP contribution in [0.3, 0.4) is 0 Å². The van der Waals surface area contributed by atoms with E-state index in [4.69, 9.17) is 9.88 Å². The summed E-state index contributed by atoms with van der Waals surface area (Å²) in [6.07, 6.45) is 2.43. The summed E-state index contributed by atoms with van der Waals surface area (Å²) < 4.78 is 25.7. The molecule has 1 rings (SSSR count). The second-order valence-corrected chi connectivity index (χ2v) is 4.17. The van der Waals surface area contributed by atoms with Gasteiger partial charge in [0.1, 0.15) is 0 Å². The van der Waals surface area contributed by atoms with E-state index in [0.717, 1.165) is 12.8 Å². The summed E-state index contributed by atoms with van der Waals surface area (Å²) in [6.45, 7) is 0.240. The van der Waals surface area contributed by atoms with E-state index in [9.17, 15) is 8.42 Å². The van der Waals surface area contributed by atoms with Crippen molar-refractivity contribution in [1.82, 2.24) is 0 Å². The van der Waals surface area contributed by atoms with Gasteiger partial charge in [-0.1, -0.05) is 0 Å². The first-order chi connectivity index (χ1) is 4.58. The first-order valence-corrected chi connectivity index (χ1v) is 4.91. The Morgan fingerprint density at radius 3 is 2.50 bits per heavy atom. The van der Waals surface area contributed by atoms with E-state index < -0.39 is 10.0 Å². The van der Waals surface area contributed by atoms with E-state index >= 15 is 0 Å². The monoisotopic (exact) mass is 165 g/mol. The van der Waals surface area contributed by atoms with E-state index in [1.165, 1.54) is 0 Å². The fourth-order valence-electron chi connectivity index (χ4n) is 0.566. The summed E-state index contributed by atoms with van der Waals surface area (Å²) in [5, 5.41) is 4.73. The van der Waals surface area contributed by atoms with E-state index in [1.807, 2.05) is 0 Å². The van der Waals surface area contributed by atoms with Crippen LogP contribution in [0.2, 0.25) is 0 Å². The molecule has 0 aliphatic heterocycles. The van der Waals surface area contributed by atoms with Crippen molar-refractivity contribution < 1.29 is 13.2 Å². The lowest BCUT2D eigenvalue weighted by atomic mass is 10.8. The van der Waals surface area contributed by atoms with Gasteiger partial charge < -0.3 is 4.74 Å². The summed E-state index contributed by atoms with van der Waals surface area (Å²) >= 11 is 0. The zero-order valence-electron chi connectivity index (χ0n) is 5.62. The van der Waals surface area contributed by atoms with Crippen LogP contribution in [-0.2, 0) is 14.8 Å². The molecule has 0 amide bonds. The van der Waals surface area contributed by atoms with Gasteiger partial charge in [-0.2, -0.15) is 0 Å². The fourth-order valence-corrected chi connectivity index (χ4v) is 0.894. The zero-order chi connectivity index (χ0) is 7.61. The molecule has 0 unspecified atom stereocenters. The van der Waals surface area contributed by atoms with Crippen molar-refractivity contribution in [2.75, 3.05) is 12.4 Å². The minimum Gasteiger partial charge on any atom is -0.377 e. The van der Waals surface area contributed by atoms with E-state index in [1.54, 1.807) is 0 Å². The van der Waals surface area contributed by atoms with Gasteiger partial charge in [-0.05, 0) is 12.8 Å². The molecule has 1 fully saturated rings. The Balaban J connectivity index is 2.04. The van der Waals surface area contributed by atoms with Crippen LogP contribution < -0.4 is 5.14 Å². The second-order valence-electron chi connectivity index (χ2n) is 2.44. The minimum atomic E-state index is -3.32. The Morgan fingerprint density at radius 2 is 2.10 bits per heavy atom. The molecule has 2 N–H and O–H groups in total. The Morgan fingerprint density at radius 1 is 1.50 bits per heavy atom. The lowest BCUT2D eigenvalue weighted by Crippen LogP contribution is -2.20. The molecular formula is C5H11NO3S. The molecule has 60 valence electrons. The quantitative estimate of drug-likeness (QED) is 0.608.